The van der Waals surface area contributed by atoms with E-state index in [1.807, 2.05) is 18.2 Å². The van der Waals surface area contributed by atoms with Gasteiger partial charge in [0.15, 0.2) is 22.4 Å². The minimum Gasteiger partial charge on any atom is -0.411 e. The van der Waals surface area contributed by atoms with Gasteiger partial charge in [0.25, 0.3) is 0 Å². The molecule has 0 aliphatic carbocycles. The van der Waals surface area contributed by atoms with E-state index in [9.17, 15) is 4.79 Å². The highest BCUT2D eigenvalue weighted by Crippen LogP contribution is 2.55. The Morgan fingerprint density at radius 2 is 1.23 bits per heavy atom. The highest BCUT2D eigenvalue weighted by Gasteiger charge is 2.64. The Balaban J connectivity index is 1.22. The number of fused-ring (bicyclic) bond motifs is 4. The smallest absolute Gasteiger partial charge is 0.200 e. The molecule has 1 aromatic carbocycles. The largest absolute Gasteiger partial charge is 0.411 e. The number of rotatable bonds is 15. The molecule has 0 unspecified atom stereocenters. The fourth-order valence-corrected chi connectivity index (χ4v) is 22.1. The Labute approximate surface area is 447 Å². The molecule has 11 nitrogen and oxygen atoms in total. The number of benzene rings is 1. The fourth-order valence-electron chi connectivity index (χ4n) is 13.8. The van der Waals surface area contributed by atoms with Crippen molar-refractivity contribution in [1.29, 1.82) is 0 Å². The Morgan fingerprint density at radius 1 is 0.671 bits per heavy atom. The quantitative estimate of drug-likeness (QED) is 0.124. The van der Waals surface area contributed by atoms with Gasteiger partial charge in [0.1, 0.15) is 18.0 Å². The van der Waals surface area contributed by atoms with Gasteiger partial charge in [-0.25, -0.2) is 0 Å². The van der Waals surface area contributed by atoms with Crippen molar-refractivity contribution in [3.63, 3.8) is 0 Å². The van der Waals surface area contributed by atoms with Crippen LogP contribution in [0.1, 0.15) is 162 Å². The van der Waals surface area contributed by atoms with Gasteiger partial charge in [0, 0.05) is 37.5 Å². The summed E-state index contributed by atoms with van der Waals surface area (Å²) in [4.78, 5) is 12.5. The highest BCUT2D eigenvalue weighted by molar-refractivity contribution is 6.77. The summed E-state index contributed by atoms with van der Waals surface area (Å²) in [5.74, 6) is -0.458. The number of carbonyl (C=O) groups is 1. The second kappa shape index (κ2) is 22.3. The normalized spacial score (nSPS) is 39.3. The first-order valence-corrected chi connectivity index (χ1v) is 36.8. The topological polar surface area (TPSA) is 109 Å². The molecule has 18 atom stereocenters. The average molecular weight is 1070 g/mol. The van der Waals surface area contributed by atoms with E-state index < -0.39 is 42.4 Å². The summed E-state index contributed by atoms with van der Waals surface area (Å²) in [5, 5.41) is 0.0257. The summed E-state index contributed by atoms with van der Waals surface area (Å²) in [7, 11) is -6.91. The van der Waals surface area contributed by atoms with E-state index >= 15 is 0 Å². The first-order chi connectivity index (χ1) is 33.8. The Morgan fingerprint density at radius 3 is 1.82 bits per heavy atom. The van der Waals surface area contributed by atoms with E-state index in [4.69, 9.17) is 46.4 Å². The first-order valence-electron chi connectivity index (χ1n) is 28.9. The van der Waals surface area contributed by atoms with E-state index in [2.05, 4.69) is 156 Å². The van der Waals surface area contributed by atoms with Crippen molar-refractivity contribution in [2.24, 2.45) is 23.7 Å². The predicted molar refractivity (Wildman–Crippen MR) is 298 cm³/mol. The molecule has 73 heavy (non-hydrogen) atoms. The summed E-state index contributed by atoms with van der Waals surface area (Å²) in [5.41, 5.74) is 1.30. The van der Waals surface area contributed by atoms with Crippen LogP contribution < -0.4 is 0 Å². The second-order valence-electron chi connectivity index (χ2n) is 28.3. The van der Waals surface area contributed by atoms with Crippen LogP contribution in [0.5, 0.6) is 0 Å². The van der Waals surface area contributed by atoms with Crippen LogP contribution in [0.25, 0.3) is 0 Å². The SMILES string of the molecule is CC(C)[Si](O[C@H]1[C@H](C)[C@H]2O[C@H]3C[C@@H](C)C[C@H]4O[C@@](C)([C@@H](CC=O)OCc5ccccc5)[C@H](O[Si](C)(C)C(C)(C)C)C[C@@H]4O[C@@H]3C[C@@H]2O[C@@H]2[C@@H](C)[C@H](C)[C@@]3(C[C@H](O[Si](C)(C)C(C)(C)C)CO3)O[C@H]21)(C(C)C)C(C)C. The maximum atomic E-state index is 12.5. The van der Waals surface area contributed by atoms with Crippen molar-refractivity contribution in [3.8, 4) is 0 Å². The molecular formula is C59H104O11Si3. The molecule has 1 aromatic rings. The van der Waals surface area contributed by atoms with Gasteiger partial charge in [-0.2, -0.15) is 0 Å². The molecule has 418 valence electrons. The lowest BCUT2D eigenvalue weighted by Crippen LogP contribution is -2.66. The molecule has 0 aromatic heterocycles. The molecule has 6 fully saturated rings. The predicted octanol–water partition coefficient (Wildman–Crippen LogP) is 13.6. The van der Waals surface area contributed by atoms with Gasteiger partial charge in [-0.05, 0) is 90.1 Å². The molecule has 0 radical (unpaired) electrons. The second-order valence-corrected chi connectivity index (χ2v) is 43.2. The van der Waals surface area contributed by atoms with Gasteiger partial charge in [0.05, 0.1) is 80.4 Å². The summed E-state index contributed by atoms with van der Waals surface area (Å²) in [6, 6.07) is 10.2. The van der Waals surface area contributed by atoms with Gasteiger partial charge in [-0.3, -0.25) is 0 Å². The van der Waals surface area contributed by atoms with Crippen molar-refractivity contribution in [2.75, 3.05) is 6.61 Å². The maximum absolute atomic E-state index is 12.5. The number of carbonyl (C=O) groups excluding carboxylic acids is 1. The van der Waals surface area contributed by atoms with E-state index in [0.29, 0.717) is 49.1 Å². The molecule has 6 saturated heterocycles. The van der Waals surface area contributed by atoms with Gasteiger partial charge < -0.3 is 51.2 Å². The van der Waals surface area contributed by atoms with Crippen LogP contribution in [-0.4, -0.2) is 122 Å². The van der Waals surface area contributed by atoms with Crippen LogP contribution in [0.3, 0.4) is 0 Å². The Hall–Kier alpha value is -0.859. The average Bonchev–Trinajstić information content (AvgIpc) is 3.63. The van der Waals surface area contributed by atoms with Gasteiger partial charge >= 0.3 is 0 Å². The highest BCUT2D eigenvalue weighted by atomic mass is 28.4. The first kappa shape index (κ1) is 59.8. The molecular weight excluding hydrogens is 969 g/mol. The Kier molecular flexibility index (Phi) is 18.3. The molecule has 6 heterocycles. The van der Waals surface area contributed by atoms with E-state index in [1.165, 1.54) is 0 Å². The van der Waals surface area contributed by atoms with Crippen molar-refractivity contribution in [2.45, 2.75) is 300 Å². The standard InChI is InChI=1S/C59H104O11Si3/c1-36(2)73(37(3)4,38(5)6)70-54-41(9)52-49(65-53-40(8)42(10)59(67-55(53)54)33-44(35-62-59)68-71(18,19)56(11,12)13)31-46-45(64-52)29-39(7)30-48-47(63-46)32-51(69-72(20,21)57(14,15)16)58(17,66-48)50(27-28-60)61-34-43-25-23-22-24-26-43/h22-26,28,36-42,44-55H,27,29-35H2,1-21H3/t39-,40+,41-,42+,44+,45+,46-,47+,48-,49+,50-,51-,52-,53-,54+,55-,58+,59-/m1/s1. The number of ether oxygens (including phenoxy) is 7. The van der Waals surface area contributed by atoms with Crippen molar-refractivity contribution in [1.82, 2.24) is 0 Å². The zero-order valence-electron chi connectivity index (χ0n) is 49.6. The maximum Gasteiger partial charge on any atom is 0.200 e. The van der Waals surface area contributed by atoms with E-state index in [-0.39, 0.29) is 107 Å². The molecule has 14 heteroatoms. The molecule has 6 aliphatic heterocycles. The molecule has 1 spiro atoms. The minimum atomic E-state index is -2.46. The van der Waals surface area contributed by atoms with Gasteiger partial charge in [0.2, 0.25) is 8.32 Å². The Bertz CT molecular complexity index is 1950. The number of aldehydes is 1. The van der Waals surface area contributed by atoms with Crippen LogP contribution in [0, 0.1) is 23.7 Å². The van der Waals surface area contributed by atoms with Crippen LogP contribution in [0.2, 0.25) is 52.9 Å². The van der Waals surface area contributed by atoms with Crippen LogP contribution >= 0.6 is 0 Å². The minimum absolute atomic E-state index is 0.0392. The third-order valence-corrected chi connectivity index (χ3v) is 35.4. The zero-order valence-corrected chi connectivity index (χ0v) is 52.6. The lowest BCUT2D eigenvalue weighted by atomic mass is 9.75. The number of hydrogen-bond acceptors (Lipinski definition) is 11. The van der Waals surface area contributed by atoms with Crippen LogP contribution in [0.4, 0.5) is 0 Å². The third kappa shape index (κ3) is 11.9. The molecule has 0 saturated carbocycles. The lowest BCUT2D eigenvalue weighted by Gasteiger charge is -2.56. The van der Waals surface area contributed by atoms with Crippen molar-refractivity contribution >= 4 is 31.2 Å². The summed E-state index contributed by atoms with van der Waals surface area (Å²) in [6.07, 6.45) is 1.62. The summed E-state index contributed by atoms with van der Waals surface area (Å²) < 4.78 is 74.2. The monoisotopic (exact) mass is 1070 g/mol. The lowest BCUT2D eigenvalue weighted by molar-refractivity contribution is -0.338. The number of hydrogen-bond donors (Lipinski definition) is 0. The summed E-state index contributed by atoms with van der Waals surface area (Å²) in [6.45, 7) is 49.6. The van der Waals surface area contributed by atoms with Gasteiger partial charge in [-0.1, -0.05) is 141 Å². The van der Waals surface area contributed by atoms with E-state index in [1.54, 1.807) is 0 Å². The molecule has 0 N–H and O–H groups in total. The summed E-state index contributed by atoms with van der Waals surface area (Å²) >= 11 is 0. The van der Waals surface area contributed by atoms with Crippen molar-refractivity contribution < 1.29 is 51.2 Å². The van der Waals surface area contributed by atoms with E-state index in [0.717, 1.165) is 24.7 Å². The van der Waals surface area contributed by atoms with Crippen LogP contribution in [-0.2, 0) is 57.8 Å². The van der Waals surface area contributed by atoms with Crippen molar-refractivity contribution in [3.05, 3.63) is 35.9 Å². The third-order valence-electron chi connectivity index (χ3n) is 20.3. The molecule has 0 amide bonds. The molecule has 6 aliphatic rings. The fraction of sp³-hybridized carbons (Fsp3) is 0.881. The molecule has 0 bridgehead atoms. The van der Waals surface area contributed by atoms with Crippen LogP contribution in [0.15, 0.2) is 30.3 Å². The zero-order chi connectivity index (χ0) is 54.0. The molecule has 7 rings (SSSR count). The van der Waals surface area contributed by atoms with Gasteiger partial charge in [-0.15, -0.1) is 0 Å².